The second-order valence-electron chi connectivity index (χ2n) is 18.5. The average molecular weight is 778 g/mol. The molecule has 294 valence electrons. The van der Waals surface area contributed by atoms with Crippen LogP contribution in [0.15, 0.2) is 180 Å². The Hall–Kier alpha value is -6.64. The fourth-order valence-corrected chi connectivity index (χ4v) is 9.29. The molecule has 1 unspecified atom stereocenters. The molecular formula is C58H51NO. The van der Waals surface area contributed by atoms with E-state index in [1.54, 1.807) is 0 Å². The van der Waals surface area contributed by atoms with Gasteiger partial charge in [-0.2, -0.15) is 0 Å². The third-order valence-corrected chi connectivity index (χ3v) is 12.5. The quantitative estimate of drug-likeness (QED) is 0.167. The molecule has 0 spiro atoms. The van der Waals surface area contributed by atoms with Gasteiger partial charge in [0.05, 0.1) is 11.4 Å². The number of allylic oxidation sites excluding steroid dienone is 1. The van der Waals surface area contributed by atoms with Crippen molar-refractivity contribution in [1.29, 1.82) is 0 Å². The van der Waals surface area contributed by atoms with Crippen molar-refractivity contribution in [2.75, 3.05) is 4.90 Å². The zero-order chi connectivity index (χ0) is 41.2. The van der Waals surface area contributed by atoms with Crippen LogP contribution >= 0.6 is 0 Å². The molecule has 0 fully saturated rings. The number of anilines is 3. The van der Waals surface area contributed by atoms with Crippen molar-refractivity contribution in [1.82, 2.24) is 0 Å². The minimum absolute atomic E-state index is 0.0303. The van der Waals surface area contributed by atoms with Gasteiger partial charge in [0.25, 0.3) is 0 Å². The molecule has 0 saturated heterocycles. The van der Waals surface area contributed by atoms with E-state index in [1.807, 2.05) is 6.07 Å². The van der Waals surface area contributed by atoms with Gasteiger partial charge in [-0.1, -0.05) is 193 Å². The molecule has 0 saturated carbocycles. The highest BCUT2D eigenvalue weighted by Crippen LogP contribution is 2.49. The van der Waals surface area contributed by atoms with Crippen molar-refractivity contribution in [3.8, 4) is 22.3 Å². The third-order valence-electron chi connectivity index (χ3n) is 12.5. The summed E-state index contributed by atoms with van der Waals surface area (Å²) < 4.78 is 6.48. The fourth-order valence-electron chi connectivity index (χ4n) is 9.29. The molecule has 1 heterocycles. The van der Waals surface area contributed by atoms with E-state index in [0.717, 1.165) is 56.5 Å². The Balaban J connectivity index is 1.16. The van der Waals surface area contributed by atoms with Gasteiger partial charge in [-0.3, -0.25) is 0 Å². The lowest BCUT2D eigenvalue weighted by molar-refractivity contribution is 0.565. The van der Waals surface area contributed by atoms with E-state index in [-0.39, 0.29) is 16.7 Å². The molecule has 2 nitrogen and oxygen atoms in total. The van der Waals surface area contributed by atoms with Crippen LogP contribution in [0.4, 0.5) is 17.1 Å². The molecule has 60 heavy (non-hydrogen) atoms. The first-order valence-corrected chi connectivity index (χ1v) is 21.4. The Bertz CT molecular complexity index is 3050. The molecule has 0 amide bonds. The maximum absolute atomic E-state index is 6.48. The third kappa shape index (κ3) is 6.61. The summed E-state index contributed by atoms with van der Waals surface area (Å²) in [7, 11) is 0. The van der Waals surface area contributed by atoms with Crippen LogP contribution in [0.5, 0.6) is 0 Å². The van der Waals surface area contributed by atoms with E-state index in [2.05, 4.69) is 222 Å². The molecule has 1 aromatic heterocycles. The molecule has 1 aliphatic carbocycles. The standard InChI is InChI=1S/C58H51NO/c1-57(2,3)42-35-41(36-43(37-42)58(4,5)6)46-24-13-19-40-20-14-26-50(55(40)46)48-22-9-11-28-53(48)59(52-29-15-18-38-17-7-8-21-45(38)52)44-33-31-39(32-34-44)47-25-16-27-51-49-23-10-12-30-54(49)60-56(47)51/h7-23,25-37,46H,24H2,1-6H3. The van der Waals surface area contributed by atoms with Gasteiger partial charge >= 0.3 is 0 Å². The predicted octanol–water partition coefficient (Wildman–Crippen LogP) is 16.7. The SMILES string of the molecule is CC(C)(C)c1cc(C2CC=Cc3cccc(-c4ccccc4N(c4ccc(-c5cccc6c5oc5ccccc56)cc4)c4cccc5ccccc45)c32)cc(C(C)(C)C)c1. The number of rotatable bonds is 6. The van der Waals surface area contributed by atoms with Gasteiger partial charge in [0.15, 0.2) is 0 Å². The molecule has 9 aromatic rings. The summed E-state index contributed by atoms with van der Waals surface area (Å²) in [5.41, 5.74) is 16.8. The number of furan rings is 1. The number of para-hydroxylation sites is 3. The largest absolute Gasteiger partial charge is 0.455 e. The second kappa shape index (κ2) is 14.6. The zero-order valence-corrected chi connectivity index (χ0v) is 35.5. The van der Waals surface area contributed by atoms with Crippen LogP contribution in [0.2, 0.25) is 0 Å². The highest BCUT2D eigenvalue weighted by atomic mass is 16.3. The minimum Gasteiger partial charge on any atom is -0.455 e. The molecular weight excluding hydrogens is 727 g/mol. The van der Waals surface area contributed by atoms with Gasteiger partial charge in [-0.25, -0.2) is 0 Å². The van der Waals surface area contributed by atoms with Crippen molar-refractivity contribution in [3.05, 3.63) is 204 Å². The van der Waals surface area contributed by atoms with E-state index in [1.165, 1.54) is 49.7 Å². The van der Waals surface area contributed by atoms with Gasteiger partial charge in [0.1, 0.15) is 11.2 Å². The van der Waals surface area contributed by atoms with Crippen molar-refractivity contribution >= 4 is 55.8 Å². The Morgan fingerprint density at radius 2 is 1.12 bits per heavy atom. The maximum atomic E-state index is 6.48. The van der Waals surface area contributed by atoms with E-state index >= 15 is 0 Å². The van der Waals surface area contributed by atoms with Crippen LogP contribution < -0.4 is 4.90 Å². The van der Waals surface area contributed by atoms with E-state index in [9.17, 15) is 0 Å². The first kappa shape index (κ1) is 37.6. The molecule has 10 rings (SSSR count). The van der Waals surface area contributed by atoms with Crippen molar-refractivity contribution in [2.24, 2.45) is 0 Å². The number of nitrogens with zero attached hydrogens (tertiary/aromatic N) is 1. The van der Waals surface area contributed by atoms with Crippen LogP contribution in [0.1, 0.15) is 81.7 Å². The zero-order valence-electron chi connectivity index (χ0n) is 35.5. The maximum Gasteiger partial charge on any atom is 0.143 e. The van der Waals surface area contributed by atoms with Crippen LogP contribution in [0, 0.1) is 0 Å². The van der Waals surface area contributed by atoms with Crippen molar-refractivity contribution < 1.29 is 4.42 Å². The first-order chi connectivity index (χ1) is 29.0. The van der Waals surface area contributed by atoms with Crippen LogP contribution in [-0.2, 0) is 10.8 Å². The highest BCUT2D eigenvalue weighted by Gasteiger charge is 2.29. The topological polar surface area (TPSA) is 16.4 Å². The summed E-state index contributed by atoms with van der Waals surface area (Å²) in [6, 6.07) is 62.5. The molecule has 2 heteroatoms. The van der Waals surface area contributed by atoms with Gasteiger partial charge in [0.2, 0.25) is 0 Å². The van der Waals surface area contributed by atoms with Gasteiger partial charge in [-0.15, -0.1) is 0 Å². The van der Waals surface area contributed by atoms with E-state index in [0.29, 0.717) is 0 Å². The van der Waals surface area contributed by atoms with Gasteiger partial charge in [0, 0.05) is 38.9 Å². The normalized spacial score (nSPS) is 14.2. The summed E-state index contributed by atoms with van der Waals surface area (Å²) in [6.45, 7) is 14.0. The van der Waals surface area contributed by atoms with Crippen molar-refractivity contribution in [2.45, 2.75) is 64.7 Å². The van der Waals surface area contributed by atoms with Crippen LogP contribution in [0.25, 0.3) is 61.0 Å². The average Bonchev–Trinajstić information content (AvgIpc) is 3.65. The van der Waals surface area contributed by atoms with E-state index in [4.69, 9.17) is 4.42 Å². The predicted molar refractivity (Wildman–Crippen MR) is 256 cm³/mol. The smallest absolute Gasteiger partial charge is 0.143 e. The number of fused-ring (bicyclic) bond motifs is 5. The Kier molecular flexibility index (Phi) is 9.14. The Labute approximate surface area is 354 Å². The lowest BCUT2D eigenvalue weighted by Gasteiger charge is -2.32. The summed E-state index contributed by atoms with van der Waals surface area (Å²) in [6.07, 6.45) is 5.66. The number of hydrogen-bond acceptors (Lipinski definition) is 2. The highest BCUT2D eigenvalue weighted by molar-refractivity contribution is 6.09. The summed E-state index contributed by atoms with van der Waals surface area (Å²) >= 11 is 0. The summed E-state index contributed by atoms with van der Waals surface area (Å²) in [5, 5.41) is 4.69. The van der Waals surface area contributed by atoms with Crippen molar-refractivity contribution in [3.63, 3.8) is 0 Å². The van der Waals surface area contributed by atoms with Gasteiger partial charge in [-0.05, 0) is 91.9 Å². The first-order valence-electron chi connectivity index (χ1n) is 21.4. The summed E-state index contributed by atoms with van der Waals surface area (Å²) in [4.78, 5) is 2.47. The molecule has 0 radical (unpaired) electrons. The second-order valence-corrected chi connectivity index (χ2v) is 18.5. The number of benzene rings is 8. The molecule has 0 aliphatic heterocycles. The van der Waals surface area contributed by atoms with Crippen LogP contribution in [-0.4, -0.2) is 0 Å². The number of hydrogen-bond donors (Lipinski definition) is 0. The Morgan fingerprint density at radius 3 is 1.90 bits per heavy atom. The molecule has 1 atom stereocenters. The molecule has 0 N–H and O–H groups in total. The molecule has 0 bridgehead atoms. The van der Waals surface area contributed by atoms with Gasteiger partial charge < -0.3 is 9.32 Å². The summed E-state index contributed by atoms with van der Waals surface area (Å²) in [5.74, 6) is 0.212. The van der Waals surface area contributed by atoms with E-state index < -0.39 is 0 Å². The lowest BCUT2D eigenvalue weighted by atomic mass is 9.74. The monoisotopic (exact) mass is 777 g/mol. The fraction of sp³-hybridized carbons (Fsp3) is 0.172. The minimum atomic E-state index is 0.0303. The van der Waals surface area contributed by atoms with Crippen LogP contribution in [0.3, 0.4) is 0 Å². The Morgan fingerprint density at radius 1 is 0.517 bits per heavy atom. The molecule has 1 aliphatic rings. The lowest BCUT2D eigenvalue weighted by Crippen LogP contribution is -2.18. The molecule has 8 aromatic carbocycles.